The van der Waals surface area contributed by atoms with E-state index in [1.54, 1.807) is 0 Å². The van der Waals surface area contributed by atoms with Crippen LogP contribution in [0.15, 0.2) is 255 Å². The van der Waals surface area contributed by atoms with E-state index in [2.05, 4.69) is 268 Å². The number of hydrogen-bond donors (Lipinski definition) is 0. The lowest BCUT2D eigenvalue weighted by molar-refractivity contribution is 1.07. The average molecular weight is 1120 g/mol. The predicted octanol–water partition coefficient (Wildman–Crippen LogP) is 21.3. The van der Waals surface area contributed by atoms with Crippen LogP contribution in [0.1, 0.15) is 0 Å². The van der Waals surface area contributed by atoms with Crippen molar-refractivity contribution in [1.29, 1.82) is 0 Å². The Labute approximate surface area is 491 Å². The highest BCUT2D eigenvalue weighted by Crippen LogP contribution is 2.45. The molecule has 0 aliphatic carbocycles. The Morgan fingerprint density at radius 3 is 0.762 bits per heavy atom. The van der Waals surface area contributed by atoms with Crippen LogP contribution in [0.5, 0.6) is 0 Å². The number of rotatable bonds is 6. The van der Waals surface area contributed by atoms with Crippen LogP contribution in [0.25, 0.3) is 177 Å². The van der Waals surface area contributed by atoms with Crippen LogP contribution < -0.4 is 0 Å². The number of thiophene rings is 3. The van der Waals surface area contributed by atoms with E-state index in [9.17, 15) is 0 Å². The van der Waals surface area contributed by atoms with E-state index < -0.39 is 0 Å². The Bertz CT molecular complexity index is 5380. The van der Waals surface area contributed by atoms with E-state index in [0.29, 0.717) is 17.5 Å². The molecule has 390 valence electrons. The van der Waals surface area contributed by atoms with Gasteiger partial charge in [-0.2, -0.15) is 0 Å². The summed E-state index contributed by atoms with van der Waals surface area (Å²) in [5, 5.41) is 15.2. The molecule has 0 fully saturated rings. The van der Waals surface area contributed by atoms with Gasteiger partial charge in [0.25, 0.3) is 0 Å². The molecule has 12 aromatic carbocycles. The minimum absolute atomic E-state index is 0.605. The SMILES string of the molecule is c1ccc2c(c1)sc1cc3c(cc12)c1ccccc1n3-c1ccc(-c2nc(-c3ccc(-n4c5ccccc5c5cc6c(cc54)sc4ccccc46)cc3)nc(-c3ccc(-n4c5ccccc5c5cc6c(cc54)sc4ccccc46)cc3)n2)cc1. The van der Waals surface area contributed by atoms with Gasteiger partial charge in [-0.1, -0.05) is 109 Å². The molecule has 0 N–H and O–H groups in total. The van der Waals surface area contributed by atoms with E-state index in [1.165, 1.54) is 126 Å². The molecule has 7 aromatic heterocycles. The molecule has 0 saturated carbocycles. The van der Waals surface area contributed by atoms with Crippen molar-refractivity contribution in [1.82, 2.24) is 28.7 Å². The van der Waals surface area contributed by atoms with Gasteiger partial charge in [0.15, 0.2) is 17.5 Å². The summed E-state index contributed by atoms with van der Waals surface area (Å²) in [6, 6.07) is 93.0. The molecule has 0 aliphatic rings. The molecule has 19 rings (SSSR count). The van der Waals surface area contributed by atoms with Crippen molar-refractivity contribution in [3.8, 4) is 51.2 Å². The third-order valence-electron chi connectivity index (χ3n) is 17.3. The summed E-state index contributed by atoms with van der Waals surface area (Å²) in [4.78, 5) is 16.0. The van der Waals surface area contributed by atoms with Gasteiger partial charge in [0.1, 0.15) is 0 Å². The highest BCUT2D eigenvalue weighted by Gasteiger charge is 2.21. The second kappa shape index (κ2) is 17.6. The topological polar surface area (TPSA) is 53.5 Å². The first-order valence-electron chi connectivity index (χ1n) is 28.2. The van der Waals surface area contributed by atoms with Crippen molar-refractivity contribution in [2.24, 2.45) is 0 Å². The van der Waals surface area contributed by atoms with Crippen molar-refractivity contribution in [2.45, 2.75) is 0 Å². The van der Waals surface area contributed by atoms with Crippen molar-refractivity contribution in [3.63, 3.8) is 0 Å². The molecule has 84 heavy (non-hydrogen) atoms. The van der Waals surface area contributed by atoms with Crippen molar-refractivity contribution < 1.29 is 0 Å². The lowest BCUT2D eigenvalue weighted by atomic mass is 10.1. The van der Waals surface area contributed by atoms with Gasteiger partial charge in [-0.15, -0.1) is 34.0 Å². The molecule has 0 saturated heterocycles. The first kappa shape index (κ1) is 46.3. The molecule has 0 unspecified atom stereocenters. The second-order valence-electron chi connectivity index (χ2n) is 21.9. The highest BCUT2D eigenvalue weighted by molar-refractivity contribution is 7.26. The smallest absolute Gasteiger partial charge is 0.164 e. The Balaban J connectivity index is 0.750. The van der Waals surface area contributed by atoms with E-state index >= 15 is 0 Å². The van der Waals surface area contributed by atoms with E-state index in [1.807, 2.05) is 34.0 Å². The highest BCUT2D eigenvalue weighted by atomic mass is 32.1. The average Bonchev–Trinajstić information content (AvgIpc) is 2.22. The Hall–Kier alpha value is -10.3. The molecule has 9 heteroatoms. The van der Waals surface area contributed by atoms with E-state index in [4.69, 9.17) is 15.0 Å². The van der Waals surface area contributed by atoms with Gasteiger partial charge in [0.2, 0.25) is 0 Å². The van der Waals surface area contributed by atoms with Gasteiger partial charge in [-0.05, 0) is 146 Å². The van der Waals surface area contributed by atoms with Crippen molar-refractivity contribution in [3.05, 3.63) is 255 Å². The fourth-order valence-corrected chi connectivity index (χ4v) is 16.8. The lowest BCUT2D eigenvalue weighted by Crippen LogP contribution is -2.01. The summed E-state index contributed by atoms with van der Waals surface area (Å²) in [6.07, 6.45) is 0. The first-order chi connectivity index (χ1) is 41.6. The summed E-state index contributed by atoms with van der Waals surface area (Å²) in [6.45, 7) is 0. The predicted molar refractivity (Wildman–Crippen MR) is 358 cm³/mol. The van der Waals surface area contributed by atoms with Crippen LogP contribution in [0.4, 0.5) is 0 Å². The minimum Gasteiger partial charge on any atom is -0.309 e. The fraction of sp³-hybridized carbons (Fsp3) is 0. The minimum atomic E-state index is 0.605. The Morgan fingerprint density at radius 2 is 0.464 bits per heavy atom. The normalized spacial score (nSPS) is 12.3. The maximum atomic E-state index is 5.32. The maximum Gasteiger partial charge on any atom is 0.164 e. The molecule has 0 spiro atoms. The zero-order valence-corrected chi connectivity index (χ0v) is 47.1. The summed E-state index contributed by atoms with van der Waals surface area (Å²) < 4.78 is 14.9. The van der Waals surface area contributed by atoms with Crippen molar-refractivity contribution in [2.75, 3.05) is 0 Å². The first-order valence-corrected chi connectivity index (χ1v) is 30.7. The van der Waals surface area contributed by atoms with Crippen LogP contribution in [-0.4, -0.2) is 28.7 Å². The van der Waals surface area contributed by atoms with Gasteiger partial charge in [0, 0.05) is 127 Å². The third-order valence-corrected chi connectivity index (χ3v) is 20.7. The standard InChI is InChI=1S/C75H42N6S3/c1-7-19-61-49(13-1)55-37-58-52-16-4-10-22-67(52)82-70(58)40-64(55)79(61)46-31-25-43(26-32-46)73-76-74(44-27-33-47(34-28-44)80-62-20-8-2-14-50(62)56-38-59-53-17-5-11-23-68(53)83-71(59)41-65(56)80)78-75(77-73)45-29-35-48(36-30-45)81-63-21-9-3-15-51(63)57-39-60-54-18-6-12-24-69(54)84-72(60)42-66(57)81/h1-42H. The largest absolute Gasteiger partial charge is 0.309 e. The molecular weight excluding hydrogens is 1080 g/mol. The molecule has 0 bridgehead atoms. The zero-order chi connectivity index (χ0) is 54.7. The number of aromatic nitrogens is 6. The number of hydrogen-bond acceptors (Lipinski definition) is 6. The molecule has 0 aliphatic heterocycles. The Kier molecular flexibility index (Phi) is 9.71. The lowest BCUT2D eigenvalue weighted by Gasteiger charge is -2.12. The second-order valence-corrected chi connectivity index (χ2v) is 25.1. The van der Waals surface area contributed by atoms with Gasteiger partial charge >= 0.3 is 0 Å². The van der Waals surface area contributed by atoms with Crippen LogP contribution in [-0.2, 0) is 0 Å². The zero-order valence-electron chi connectivity index (χ0n) is 44.7. The molecular formula is C75H42N6S3. The monoisotopic (exact) mass is 1120 g/mol. The van der Waals surface area contributed by atoms with E-state index in [-0.39, 0.29) is 0 Å². The molecule has 7 heterocycles. The quantitative estimate of drug-likeness (QED) is 0.167. The number of benzene rings is 12. The molecule has 0 atom stereocenters. The third kappa shape index (κ3) is 6.79. The van der Waals surface area contributed by atoms with Crippen LogP contribution in [0.3, 0.4) is 0 Å². The van der Waals surface area contributed by atoms with Crippen molar-refractivity contribution >= 4 is 160 Å². The maximum absolute atomic E-state index is 5.32. The summed E-state index contributed by atoms with van der Waals surface area (Å²) in [7, 11) is 0. The van der Waals surface area contributed by atoms with Gasteiger partial charge < -0.3 is 13.7 Å². The van der Waals surface area contributed by atoms with E-state index in [0.717, 1.165) is 33.8 Å². The fourth-order valence-electron chi connectivity index (χ4n) is 13.4. The number of nitrogens with zero attached hydrogens (tertiary/aromatic N) is 6. The molecule has 19 aromatic rings. The number of para-hydroxylation sites is 3. The van der Waals surface area contributed by atoms with Gasteiger partial charge in [-0.3, -0.25) is 0 Å². The molecule has 0 amide bonds. The van der Waals surface area contributed by atoms with Gasteiger partial charge in [0.05, 0.1) is 33.1 Å². The van der Waals surface area contributed by atoms with Crippen LogP contribution >= 0.6 is 34.0 Å². The summed E-state index contributed by atoms with van der Waals surface area (Å²) in [5.41, 5.74) is 13.0. The van der Waals surface area contributed by atoms with Crippen LogP contribution in [0.2, 0.25) is 0 Å². The van der Waals surface area contributed by atoms with Gasteiger partial charge in [-0.25, -0.2) is 15.0 Å². The van der Waals surface area contributed by atoms with Crippen LogP contribution in [0, 0.1) is 0 Å². The summed E-state index contributed by atoms with van der Waals surface area (Å²) in [5.74, 6) is 1.82. The molecule has 6 nitrogen and oxygen atoms in total. The Morgan fingerprint density at radius 1 is 0.202 bits per heavy atom. The summed E-state index contributed by atoms with van der Waals surface area (Å²) >= 11 is 5.56. The molecule has 0 radical (unpaired) electrons. The number of fused-ring (bicyclic) bond motifs is 18.